The fourth-order valence-electron chi connectivity index (χ4n) is 2.33. The Morgan fingerprint density at radius 2 is 1.30 bits per heavy atom. The third-order valence-electron chi connectivity index (χ3n) is 3.71. The summed E-state index contributed by atoms with van der Waals surface area (Å²) in [6, 6.07) is 10.8. The van der Waals surface area contributed by atoms with Crippen molar-refractivity contribution in [2.45, 2.75) is 71.6 Å². The van der Waals surface area contributed by atoms with Crippen LogP contribution in [0, 0.1) is 5.92 Å². The maximum absolute atomic E-state index is 9.28. The molecule has 1 aromatic rings. The van der Waals surface area contributed by atoms with Crippen LogP contribution in [0.2, 0.25) is 0 Å². The SMILES string of the molecule is CCCCCCCCC[C-](C)c1ccccc1.O=C([O-])CC(=O)[O-].[K+].[K+].[Li+]. The van der Waals surface area contributed by atoms with Crippen molar-refractivity contribution in [3.05, 3.63) is 41.8 Å². The fourth-order valence-corrected chi connectivity index (χ4v) is 2.33. The third-order valence-corrected chi connectivity index (χ3v) is 3.71. The summed E-state index contributed by atoms with van der Waals surface area (Å²) in [5, 5.41) is 18.6. The zero-order valence-corrected chi connectivity index (χ0v) is 24.1. The summed E-state index contributed by atoms with van der Waals surface area (Å²) in [6.45, 7) is 4.55. The van der Waals surface area contributed by atoms with Crippen LogP contribution < -0.4 is 132 Å². The number of carbonyl (C=O) groups excluding carboxylic acids is 2. The molecule has 0 fully saturated rings. The first-order valence-corrected chi connectivity index (χ1v) is 8.74. The molecule has 0 aliphatic heterocycles. The summed E-state index contributed by atoms with van der Waals surface area (Å²) in [6.07, 6.45) is 10.0. The average Bonchev–Trinajstić information content (AvgIpc) is 2.54. The Labute approximate surface area is 262 Å². The van der Waals surface area contributed by atoms with E-state index in [4.69, 9.17) is 0 Å². The van der Waals surface area contributed by atoms with Gasteiger partial charge >= 0.3 is 122 Å². The van der Waals surface area contributed by atoms with Gasteiger partial charge in [-0.15, -0.1) is 12.1 Å². The zero-order chi connectivity index (χ0) is 18.2. The summed E-state index contributed by atoms with van der Waals surface area (Å²) in [5.41, 5.74) is 1.42. The Bertz CT molecular complexity index is 447. The Morgan fingerprint density at radius 3 is 1.70 bits per heavy atom. The van der Waals surface area contributed by atoms with Crippen LogP contribution in [-0.4, -0.2) is 11.9 Å². The average molecular weight is 419 g/mol. The molecule has 0 unspecified atom stereocenters. The second kappa shape index (κ2) is 25.9. The van der Waals surface area contributed by atoms with E-state index in [9.17, 15) is 19.8 Å². The fraction of sp³-hybridized carbons (Fsp3) is 0.550. The number of rotatable bonds is 11. The van der Waals surface area contributed by atoms with E-state index in [1.165, 1.54) is 56.9 Å². The molecule has 0 aromatic heterocycles. The van der Waals surface area contributed by atoms with Crippen LogP contribution in [0.15, 0.2) is 30.3 Å². The van der Waals surface area contributed by atoms with Crippen molar-refractivity contribution in [3.8, 4) is 0 Å². The molecule has 0 saturated carbocycles. The molecule has 0 amide bonds. The van der Waals surface area contributed by atoms with Gasteiger partial charge in [-0.25, -0.2) is 0 Å². The van der Waals surface area contributed by atoms with Gasteiger partial charge in [0, 0.05) is 18.4 Å². The first-order chi connectivity index (χ1) is 11.5. The Morgan fingerprint density at radius 1 is 0.852 bits per heavy atom. The molecule has 0 atom stereocenters. The Hall–Kier alpha value is 1.90. The number of carboxylic acid groups (broad SMARTS) is 2. The van der Waals surface area contributed by atoms with Crippen LogP contribution in [-0.2, 0) is 9.59 Å². The molecule has 0 spiro atoms. The van der Waals surface area contributed by atoms with Crippen molar-refractivity contribution in [2.75, 3.05) is 0 Å². The van der Waals surface area contributed by atoms with E-state index in [-0.39, 0.29) is 122 Å². The standard InChI is InChI=1S/C17H27.C3H4O4.2K.Li/c1-3-4-5-6-7-8-10-13-16(2)17-14-11-9-12-15-17;4-2(5)1-3(6)7;;;/h9,11-12,14-15H,3-8,10,13H2,1-2H3;1H2,(H,4,5)(H,6,7);;;/q-1;;3*+1/p-2. The molecule has 0 aliphatic carbocycles. The van der Waals surface area contributed by atoms with Crippen molar-refractivity contribution in [3.63, 3.8) is 0 Å². The predicted molar refractivity (Wildman–Crippen MR) is 91.7 cm³/mol. The van der Waals surface area contributed by atoms with Gasteiger partial charge in [-0.1, -0.05) is 71.3 Å². The van der Waals surface area contributed by atoms with Crippen molar-refractivity contribution < 1.29 is 141 Å². The summed E-state index contributed by atoms with van der Waals surface area (Å²) >= 11 is 0. The summed E-state index contributed by atoms with van der Waals surface area (Å²) < 4.78 is 0. The van der Waals surface area contributed by atoms with Crippen LogP contribution >= 0.6 is 0 Å². The Kier molecular flexibility index (Phi) is 34.9. The minimum atomic E-state index is -1.63. The number of carbonyl (C=O) groups is 2. The molecule has 1 aromatic carbocycles. The zero-order valence-electron chi connectivity index (χ0n) is 17.9. The number of aliphatic carboxylic acids is 2. The van der Waals surface area contributed by atoms with Crippen molar-refractivity contribution in [1.29, 1.82) is 0 Å². The minimum Gasteiger partial charge on any atom is -0.550 e. The van der Waals surface area contributed by atoms with Crippen molar-refractivity contribution >= 4 is 11.9 Å². The van der Waals surface area contributed by atoms with Gasteiger partial charge in [-0.3, -0.25) is 0 Å². The molecule has 7 heteroatoms. The molecule has 0 saturated heterocycles. The molecule has 0 heterocycles. The van der Waals surface area contributed by atoms with Gasteiger partial charge in [-0.05, 0) is 0 Å². The van der Waals surface area contributed by atoms with Gasteiger partial charge in [0.1, 0.15) is 0 Å². The first-order valence-electron chi connectivity index (χ1n) is 8.74. The van der Waals surface area contributed by atoms with Gasteiger partial charge in [-0.2, -0.15) is 23.6 Å². The minimum absolute atomic E-state index is 0. The molecular weight excluding hydrogens is 389 g/mol. The van der Waals surface area contributed by atoms with Crippen molar-refractivity contribution in [1.82, 2.24) is 0 Å². The van der Waals surface area contributed by atoms with Gasteiger partial charge in [0.15, 0.2) is 0 Å². The Balaban J connectivity index is -0.000000230. The van der Waals surface area contributed by atoms with Crippen LogP contribution in [0.3, 0.4) is 0 Å². The third kappa shape index (κ3) is 25.9. The molecule has 136 valence electrons. The van der Waals surface area contributed by atoms with Crippen molar-refractivity contribution in [2.24, 2.45) is 0 Å². The van der Waals surface area contributed by atoms with E-state index in [0.29, 0.717) is 0 Å². The maximum Gasteiger partial charge on any atom is 1.00 e. The monoisotopic (exact) mass is 418 g/mol. The molecule has 27 heavy (non-hydrogen) atoms. The van der Waals surface area contributed by atoms with E-state index in [2.05, 4.69) is 44.2 Å². The number of hydrogen-bond acceptors (Lipinski definition) is 4. The van der Waals surface area contributed by atoms with E-state index in [1.54, 1.807) is 5.92 Å². The summed E-state index contributed by atoms with van der Waals surface area (Å²) in [4.78, 5) is 18.6. The van der Waals surface area contributed by atoms with Crippen LogP contribution in [0.25, 0.3) is 0 Å². The molecule has 4 nitrogen and oxygen atoms in total. The number of benzene rings is 1. The molecule has 0 bridgehead atoms. The second-order valence-corrected chi connectivity index (χ2v) is 5.94. The van der Waals surface area contributed by atoms with Gasteiger partial charge < -0.3 is 19.8 Å². The molecule has 1 rings (SSSR count). The normalized spacial score (nSPS) is 8.67. The smallest absolute Gasteiger partial charge is 0.550 e. The topological polar surface area (TPSA) is 80.3 Å². The summed E-state index contributed by atoms with van der Waals surface area (Å²) in [5.74, 6) is -1.71. The number of hydrogen-bond donors (Lipinski definition) is 0. The van der Waals surface area contributed by atoms with Crippen LogP contribution in [0.5, 0.6) is 0 Å². The molecule has 0 radical (unpaired) electrons. The first kappa shape index (κ1) is 36.3. The quantitative estimate of drug-likeness (QED) is 0.155. The number of carboxylic acids is 2. The second-order valence-electron chi connectivity index (χ2n) is 5.94. The maximum atomic E-state index is 9.28. The number of unbranched alkanes of at least 4 members (excludes halogenated alkanes) is 6. The predicted octanol–water partition coefficient (Wildman–Crippen LogP) is -6.34. The molecular formula is C20H29K2LiO4. The van der Waals surface area contributed by atoms with Crippen LogP contribution in [0.4, 0.5) is 0 Å². The van der Waals surface area contributed by atoms with Gasteiger partial charge in [0.2, 0.25) is 0 Å². The molecule has 0 aliphatic rings. The van der Waals surface area contributed by atoms with Crippen LogP contribution in [0.1, 0.15) is 77.2 Å². The largest absolute Gasteiger partial charge is 1.00 e. The van der Waals surface area contributed by atoms with Gasteiger partial charge in [0.05, 0.1) is 0 Å². The summed E-state index contributed by atoms with van der Waals surface area (Å²) in [7, 11) is 0. The molecule has 0 N–H and O–H groups in total. The van der Waals surface area contributed by atoms with Gasteiger partial charge in [0.25, 0.3) is 0 Å². The van der Waals surface area contributed by atoms with E-state index in [1.807, 2.05) is 0 Å². The van der Waals surface area contributed by atoms with E-state index < -0.39 is 18.4 Å². The van der Waals surface area contributed by atoms with E-state index >= 15 is 0 Å². The van der Waals surface area contributed by atoms with E-state index in [0.717, 1.165) is 0 Å².